The number of aromatic nitrogens is 1. The second-order valence-electron chi connectivity index (χ2n) is 4.98. The minimum Gasteiger partial charge on any atom is -0.489 e. The van der Waals surface area contributed by atoms with Crippen LogP contribution in [0.15, 0.2) is 30.6 Å². The maximum Gasteiger partial charge on any atom is 0.338 e. The van der Waals surface area contributed by atoms with Crippen molar-refractivity contribution in [3.05, 3.63) is 47.5 Å². The summed E-state index contributed by atoms with van der Waals surface area (Å²) in [5.41, 5.74) is 1.36. The van der Waals surface area contributed by atoms with Crippen molar-refractivity contribution in [1.29, 1.82) is 0 Å². The van der Waals surface area contributed by atoms with Gasteiger partial charge in [-0.15, -0.1) is 0 Å². The molecule has 0 aliphatic rings. The first-order chi connectivity index (χ1) is 9.90. The standard InChI is InChI=1S/C16H16FNO3/c1-9(2)21-12-6-11(7-18-8-12)13-4-5-14(17)15(10(13)3)16(19)20/h4-9H,1-3H3,(H,19,20). The largest absolute Gasteiger partial charge is 0.489 e. The Hall–Kier alpha value is -2.43. The maximum absolute atomic E-state index is 13.6. The van der Waals surface area contributed by atoms with E-state index < -0.39 is 11.8 Å². The molecule has 21 heavy (non-hydrogen) atoms. The van der Waals surface area contributed by atoms with E-state index in [9.17, 15) is 9.18 Å². The van der Waals surface area contributed by atoms with Gasteiger partial charge in [0.25, 0.3) is 0 Å². The first kappa shape index (κ1) is 15.0. The number of benzene rings is 1. The molecule has 0 unspecified atom stereocenters. The lowest BCUT2D eigenvalue weighted by Gasteiger charge is -2.13. The molecule has 1 aromatic carbocycles. The molecule has 0 spiro atoms. The van der Waals surface area contributed by atoms with Crippen LogP contribution in [0.1, 0.15) is 29.8 Å². The quantitative estimate of drug-likeness (QED) is 0.932. The Morgan fingerprint density at radius 3 is 2.67 bits per heavy atom. The maximum atomic E-state index is 13.6. The molecule has 2 aromatic rings. The fraction of sp³-hybridized carbons (Fsp3) is 0.250. The lowest BCUT2D eigenvalue weighted by Crippen LogP contribution is -2.06. The van der Waals surface area contributed by atoms with Gasteiger partial charge in [0, 0.05) is 11.8 Å². The number of pyridine rings is 1. The van der Waals surface area contributed by atoms with Gasteiger partial charge in [-0.3, -0.25) is 4.98 Å². The molecule has 0 atom stereocenters. The smallest absolute Gasteiger partial charge is 0.338 e. The predicted octanol–water partition coefficient (Wildman–Crippen LogP) is 3.68. The molecule has 0 aliphatic carbocycles. The van der Waals surface area contributed by atoms with Crippen LogP contribution >= 0.6 is 0 Å². The number of nitrogens with zero attached hydrogens (tertiary/aromatic N) is 1. The third kappa shape index (κ3) is 3.18. The lowest BCUT2D eigenvalue weighted by atomic mass is 9.97. The molecule has 4 nitrogen and oxygen atoms in total. The summed E-state index contributed by atoms with van der Waals surface area (Å²) in [5, 5.41) is 9.11. The Morgan fingerprint density at radius 1 is 1.33 bits per heavy atom. The average Bonchev–Trinajstić information content (AvgIpc) is 2.37. The van der Waals surface area contributed by atoms with Crippen molar-refractivity contribution in [2.75, 3.05) is 0 Å². The zero-order valence-corrected chi connectivity index (χ0v) is 12.1. The molecule has 1 N–H and O–H groups in total. The molecule has 0 radical (unpaired) electrons. The van der Waals surface area contributed by atoms with Crippen LogP contribution in [0.5, 0.6) is 5.75 Å². The number of carboxylic acids is 1. The minimum atomic E-state index is -1.28. The summed E-state index contributed by atoms with van der Waals surface area (Å²) in [4.78, 5) is 15.2. The van der Waals surface area contributed by atoms with E-state index in [1.54, 1.807) is 31.5 Å². The second kappa shape index (κ2) is 5.91. The van der Waals surface area contributed by atoms with Gasteiger partial charge in [-0.1, -0.05) is 6.07 Å². The SMILES string of the molecule is Cc1c(-c2cncc(OC(C)C)c2)ccc(F)c1C(=O)O. The van der Waals surface area contributed by atoms with Crippen molar-refractivity contribution >= 4 is 5.97 Å². The molecular weight excluding hydrogens is 273 g/mol. The topological polar surface area (TPSA) is 59.4 Å². The number of halogens is 1. The van der Waals surface area contributed by atoms with Crippen molar-refractivity contribution in [3.63, 3.8) is 0 Å². The van der Waals surface area contributed by atoms with Crippen molar-refractivity contribution in [1.82, 2.24) is 4.98 Å². The molecule has 110 valence electrons. The highest BCUT2D eigenvalue weighted by Gasteiger charge is 2.17. The summed E-state index contributed by atoms with van der Waals surface area (Å²) in [6, 6.07) is 4.47. The number of hydrogen-bond acceptors (Lipinski definition) is 3. The third-order valence-corrected chi connectivity index (χ3v) is 3.02. The minimum absolute atomic E-state index is 0.00550. The van der Waals surface area contributed by atoms with Crippen molar-refractivity contribution in [2.24, 2.45) is 0 Å². The van der Waals surface area contributed by atoms with Crippen LogP contribution < -0.4 is 4.74 Å². The highest BCUT2D eigenvalue weighted by Crippen LogP contribution is 2.29. The van der Waals surface area contributed by atoms with Crippen LogP contribution in [0.2, 0.25) is 0 Å². The van der Waals surface area contributed by atoms with Gasteiger partial charge in [0.2, 0.25) is 0 Å². The Bertz CT molecular complexity index is 683. The predicted molar refractivity (Wildman–Crippen MR) is 77.1 cm³/mol. The highest BCUT2D eigenvalue weighted by atomic mass is 19.1. The van der Waals surface area contributed by atoms with Gasteiger partial charge in [0.05, 0.1) is 17.9 Å². The van der Waals surface area contributed by atoms with Gasteiger partial charge in [-0.05, 0) is 44.0 Å². The van der Waals surface area contributed by atoms with E-state index in [4.69, 9.17) is 9.84 Å². The van der Waals surface area contributed by atoms with Gasteiger partial charge < -0.3 is 9.84 Å². The zero-order valence-electron chi connectivity index (χ0n) is 12.1. The summed E-state index contributed by atoms with van der Waals surface area (Å²) in [6.07, 6.45) is 3.19. The van der Waals surface area contributed by atoms with E-state index in [0.717, 1.165) is 6.07 Å². The molecule has 2 rings (SSSR count). The number of carbonyl (C=O) groups is 1. The number of aromatic carboxylic acids is 1. The van der Waals surface area contributed by atoms with E-state index in [0.29, 0.717) is 22.4 Å². The first-order valence-electron chi connectivity index (χ1n) is 6.54. The van der Waals surface area contributed by atoms with Gasteiger partial charge in [0.15, 0.2) is 0 Å². The Labute approximate surface area is 122 Å². The fourth-order valence-electron chi connectivity index (χ4n) is 2.16. The first-order valence-corrected chi connectivity index (χ1v) is 6.54. The van der Waals surface area contributed by atoms with E-state index >= 15 is 0 Å². The molecular formula is C16H16FNO3. The normalized spacial score (nSPS) is 10.7. The van der Waals surface area contributed by atoms with Crippen LogP contribution in [0.25, 0.3) is 11.1 Å². The molecule has 1 heterocycles. The van der Waals surface area contributed by atoms with Crippen molar-refractivity contribution < 1.29 is 19.0 Å². The van der Waals surface area contributed by atoms with Gasteiger partial charge in [-0.2, -0.15) is 0 Å². The number of ether oxygens (including phenoxy) is 1. The molecule has 0 fully saturated rings. The monoisotopic (exact) mass is 289 g/mol. The third-order valence-electron chi connectivity index (χ3n) is 3.02. The lowest BCUT2D eigenvalue weighted by molar-refractivity contribution is 0.0691. The van der Waals surface area contributed by atoms with Crippen LogP contribution in [0, 0.1) is 12.7 Å². The second-order valence-corrected chi connectivity index (χ2v) is 4.98. The van der Waals surface area contributed by atoms with Gasteiger partial charge in [-0.25, -0.2) is 9.18 Å². The molecule has 0 aliphatic heterocycles. The molecule has 0 bridgehead atoms. The fourth-order valence-corrected chi connectivity index (χ4v) is 2.16. The molecule has 0 amide bonds. The summed E-state index contributed by atoms with van der Waals surface area (Å²) in [7, 11) is 0. The Kier molecular flexibility index (Phi) is 4.21. The summed E-state index contributed by atoms with van der Waals surface area (Å²) >= 11 is 0. The van der Waals surface area contributed by atoms with Gasteiger partial charge >= 0.3 is 5.97 Å². The summed E-state index contributed by atoms with van der Waals surface area (Å²) in [6.45, 7) is 5.38. The molecule has 5 heteroatoms. The van der Waals surface area contributed by atoms with Crippen molar-refractivity contribution in [2.45, 2.75) is 26.9 Å². The summed E-state index contributed by atoms with van der Waals surface area (Å²) in [5.74, 6) is -1.44. The zero-order chi connectivity index (χ0) is 15.6. The van der Waals surface area contributed by atoms with E-state index in [2.05, 4.69) is 4.98 Å². The molecule has 0 saturated heterocycles. The summed E-state index contributed by atoms with van der Waals surface area (Å²) < 4.78 is 19.2. The van der Waals surface area contributed by atoms with E-state index in [1.807, 2.05) is 13.8 Å². The number of rotatable bonds is 4. The number of carboxylic acid groups (broad SMARTS) is 1. The molecule has 1 aromatic heterocycles. The van der Waals surface area contributed by atoms with E-state index in [1.165, 1.54) is 0 Å². The van der Waals surface area contributed by atoms with E-state index in [-0.39, 0.29) is 11.7 Å². The van der Waals surface area contributed by atoms with Gasteiger partial charge in [0.1, 0.15) is 11.6 Å². The number of hydrogen-bond donors (Lipinski definition) is 1. The average molecular weight is 289 g/mol. The van der Waals surface area contributed by atoms with Crippen LogP contribution in [0.4, 0.5) is 4.39 Å². The van der Waals surface area contributed by atoms with Crippen LogP contribution in [-0.2, 0) is 0 Å². The van der Waals surface area contributed by atoms with Crippen LogP contribution in [0.3, 0.4) is 0 Å². The highest BCUT2D eigenvalue weighted by molar-refractivity contribution is 5.92. The molecule has 0 saturated carbocycles. The van der Waals surface area contributed by atoms with Crippen LogP contribution in [-0.4, -0.2) is 22.2 Å². The Balaban J connectivity index is 2.52. The Morgan fingerprint density at radius 2 is 2.05 bits per heavy atom. The van der Waals surface area contributed by atoms with Crippen molar-refractivity contribution in [3.8, 4) is 16.9 Å².